The highest BCUT2D eigenvalue weighted by molar-refractivity contribution is 9.10. The first-order valence-corrected chi connectivity index (χ1v) is 5.13. The van der Waals surface area contributed by atoms with Gasteiger partial charge in [-0.05, 0) is 30.7 Å². The van der Waals surface area contributed by atoms with E-state index in [1.165, 1.54) is 12.0 Å². The molecule has 0 unspecified atom stereocenters. The molecule has 0 aromatic heterocycles. The van der Waals surface area contributed by atoms with Gasteiger partial charge in [0, 0.05) is 15.5 Å². The van der Waals surface area contributed by atoms with Crippen molar-refractivity contribution in [3.63, 3.8) is 0 Å². The highest BCUT2D eigenvalue weighted by Crippen LogP contribution is 2.30. The second-order valence-electron chi connectivity index (χ2n) is 2.96. The Morgan fingerprint density at radius 3 is 2.75 bits per heavy atom. The summed E-state index contributed by atoms with van der Waals surface area (Å²) in [5, 5.41) is 4.17. The number of hydrogen-bond donors (Lipinski definition) is 1. The van der Waals surface area contributed by atoms with Gasteiger partial charge in [0.2, 0.25) is 0 Å². The summed E-state index contributed by atoms with van der Waals surface area (Å²) in [7, 11) is 0. The van der Waals surface area contributed by atoms with Crippen molar-refractivity contribution in [3.8, 4) is 0 Å². The van der Waals surface area contributed by atoms with Crippen molar-refractivity contribution in [1.82, 2.24) is 5.32 Å². The van der Waals surface area contributed by atoms with Crippen LogP contribution >= 0.6 is 27.5 Å². The fourth-order valence-corrected chi connectivity index (χ4v) is 2.14. The molecular weight excluding hydrogens is 237 g/mol. The normalized spacial score (nSPS) is 22.0. The first-order chi connectivity index (χ1) is 5.77. The van der Waals surface area contributed by atoms with E-state index in [4.69, 9.17) is 11.6 Å². The number of halogens is 2. The van der Waals surface area contributed by atoms with Gasteiger partial charge < -0.3 is 5.32 Å². The molecule has 0 bridgehead atoms. The summed E-state index contributed by atoms with van der Waals surface area (Å²) >= 11 is 9.45. The average Bonchev–Trinajstić information content (AvgIpc) is 1.91. The summed E-state index contributed by atoms with van der Waals surface area (Å²) < 4.78 is 1.04. The summed E-state index contributed by atoms with van der Waals surface area (Å²) in [4.78, 5) is 0. The van der Waals surface area contributed by atoms with Crippen LogP contribution in [0.25, 0.3) is 0 Å². The Kier molecular flexibility index (Phi) is 2.40. The molecule has 12 heavy (non-hydrogen) atoms. The molecule has 1 aliphatic rings. The van der Waals surface area contributed by atoms with E-state index in [0.29, 0.717) is 6.04 Å². The molecule has 1 heterocycles. The predicted molar refractivity (Wildman–Crippen MR) is 54.5 cm³/mol. The van der Waals surface area contributed by atoms with Crippen LogP contribution in [0.3, 0.4) is 0 Å². The fourth-order valence-electron chi connectivity index (χ4n) is 1.34. The van der Waals surface area contributed by atoms with Crippen LogP contribution in [0.4, 0.5) is 0 Å². The molecule has 3 heteroatoms. The van der Waals surface area contributed by atoms with Gasteiger partial charge in [0.15, 0.2) is 0 Å². The van der Waals surface area contributed by atoms with Crippen LogP contribution in [0.1, 0.15) is 18.0 Å². The van der Waals surface area contributed by atoms with Crippen molar-refractivity contribution in [1.29, 1.82) is 0 Å². The van der Waals surface area contributed by atoms with Crippen molar-refractivity contribution < 1.29 is 0 Å². The Balaban J connectivity index is 2.31. The largest absolute Gasteiger partial charge is 0.310 e. The number of rotatable bonds is 1. The van der Waals surface area contributed by atoms with Gasteiger partial charge in [0.05, 0.1) is 0 Å². The minimum absolute atomic E-state index is 0.477. The second-order valence-corrected chi connectivity index (χ2v) is 4.28. The van der Waals surface area contributed by atoms with Crippen molar-refractivity contribution in [2.24, 2.45) is 0 Å². The van der Waals surface area contributed by atoms with Gasteiger partial charge in [-0.3, -0.25) is 0 Å². The molecule has 1 atom stereocenters. The van der Waals surface area contributed by atoms with Gasteiger partial charge in [-0.1, -0.05) is 33.6 Å². The summed E-state index contributed by atoms with van der Waals surface area (Å²) in [6, 6.07) is 6.52. The lowest BCUT2D eigenvalue weighted by Gasteiger charge is -2.28. The van der Waals surface area contributed by atoms with Crippen LogP contribution in [-0.2, 0) is 0 Å². The average molecular weight is 247 g/mol. The molecule has 1 N–H and O–H groups in total. The summed E-state index contributed by atoms with van der Waals surface area (Å²) in [6.45, 7) is 1.11. The molecule has 0 spiro atoms. The van der Waals surface area contributed by atoms with E-state index < -0.39 is 0 Å². The molecule has 1 nitrogen and oxygen atoms in total. The molecular formula is C9H9BrClN. The molecule has 1 aromatic rings. The minimum Gasteiger partial charge on any atom is -0.310 e. The van der Waals surface area contributed by atoms with Gasteiger partial charge in [0.25, 0.3) is 0 Å². The van der Waals surface area contributed by atoms with Gasteiger partial charge in [-0.25, -0.2) is 0 Å². The Morgan fingerprint density at radius 2 is 2.25 bits per heavy atom. The Hall–Kier alpha value is -0.0500. The maximum Gasteiger partial charge on any atom is 0.0465 e. The summed E-state index contributed by atoms with van der Waals surface area (Å²) in [5.74, 6) is 0. The minimum atomic E-state index is 0.477. The van der Waals surface area contributed by atoms with Gasteiger partial charge in [-0.2, -0.15) is 0 Å². The molecule has 1 aliphatic heterocycles. The van der Waals surface area contributed by atoms with Crippen molar-refractivity contribution >= 4 is 27.5 Å². The number of nitrogens with one attached hydrogen (secondary N) is 1. The lowest BCUT2D eigenvalue weighted by atomic mass is 9.98. The lowest BCUT2D eigenvalue weighted by Crippen LogP contribution is -2.35. The van der Waals surface area contributed by atoms with Crippen molar-refractivity contribution in [2.45, 2.75) is 12.5 Å². The van der Waals surface area contributed by atoms with Gasteiger partial charge >= 0.3 is 0 Å². The van der Waals surface area contributed by atoms with Gasteiger partial charge in [0.1, 0.15) is 0 Å². The third kappa shape index (κ3) is 1.51. The molecule has 2 rings (SSSR count). The molecule has 0 radical (unpaired) electrons. The number of benzene rings is 1. The predicted octanol–water partition coefficient (Wildman–Crippen LogP) is 3.14. The zero-order valence-electron chi connectivity index (χ0n) is 6.48. The zero-order chi connectivity index (χ0) is 8.55. The van der Waals surface area contributed by atoms with E-state index in [-0.39, 0.29) is 0 Å². The third-order valence-electron chi connectivity index (χ3n) is 2.16. The summed E-state index contributed by atoms with van der Waals surface area (Å²) in [5.41, 5.74) is 1.21. The standard InChI is InChI=1S/C9H9BrClN/c10-6-1-2-7(8(11)5-6)9-3-4-12-9/h1-2,5,9,12H,3-4H2/t9-/m0/s1. The highest BCUT2D eigenvalue weighted by Gasteiger charge is 2.20. The summed E-state index contributed by atoms with van der Waals surface area (Å²) in [6.07, 6.45) is 1.20. The maximum atomic E-state index is 6.07. The quantitative estimate of drug-likeness (QED) is 0.803. The monoisotopic (exact) mass is 245 g/mol. The van der Waals surface area contributed by atoms with E-state index in [1.807, 2.05) is 12.1 Å². The molecule has 1 fully saturated rings. The third-order valence-corrected chi connectivity index (χ3v) is 2.98. The molecule has 0 aliphatic carbocycles. The van der Waals surface area contributed by atoms with E-state index >= 15 is 0 Å². The Morgan fingerprint density at radius 1 is 1.50 bits per heavy atom. The molecule has 1 saturated heterocycles. The van der Waals surface area contributed by atoms with Crippen LogP contribution in [0, 0.1) is 0 Å². The van der Waals surface area contributed by atoms with E-state index in [0.717, 1.165) is 16.0 Å². The molecule has 1 aromatic carbocycles. The molecule has 0 saturated carbocycles. The zero-order valence-corrected chi connectivity index (χ0v) is 8.82. The fraction of sp³-hybridized carbons (Fsp3) is 0.333. The van der Waals surface area contributed by atoms with E-state index in [2.05, 4.69) is 27.3 Å². The van der Waals surface area contributed by atoms with Crippen molar-refractivity contribution in [2.75, 3.05) is 6.54 Å². The number of hydrogen-bond acceptors (Lipinski definition) is 1. The van der Waals surface area contributed by atoms with Crippen LogP contribution in [-0.4, -0.2) is 6.54 Å². The first kappa shape index (κ1) is 8.54. The molecule has 0 amide bonds. The van der Waals surface area contributed by atoms with Crippen LogP contribution in [0.2, 0.25) is 5.02 Å². The van der Waals surface area contributed by atoms with Gasteiger partial charge in [-0.15, -0.1) is 0 Å². The highest BCUT2D eigenvalue weighted by atomic mass is 79.9. The Bertz CT molecular complexity index is 297. The first-order valence-electron chi connectivity index (χ1n) is 3.96. The Labute approximate surface area is 85.2 Å². The van der Waals surface area contributed by atoms with Crippen LogP contribution in [0.5, 0.6) is 0 Å². The maximum absolute atomic E-state index is 6.07. The SMILES string of the molecule is Clc1cc(Br)ccc1[C@@H]1CCN1. The van der Waals surface area contributed by atoms with Crippen LogP contribution < -0.4 is 5.32 Å². The van der Waals surface area contributed by atoms with Crippen molar-refractivity contribution in [3.05, 3.63) is 33.3 Å². The van der Waals surface area contributed by atoms with Crippen LogP contribution in [0.15, 0.2) is 22.7 Å². The van der Waals surface area contributed by atoms with E-state index in [1.54, 1.807) is 0 Å². The second kappa shape index (κ2) is 3.36. The molecule has 64 valence electrons. The smallest absolute Gasteiger partial charge is 0.0465 e. The van der Waals surface area contributed by atoms with E-state index in [9.17, 15) is 0 Å². The lowest BCUT2D eigenvalue weighted by molar-refractivity contribution is 0.383. The topological polar surface area (TPSA) is 12.0 Å².